The van der Waals surface area contributed by atoms with Crippen LogP contribution in [0.1, 0.15) is 22.5 Å². The van der Waals surface area contributed by atoms with Crippen molar-refractivity contribution >= 4 is 11.8 Å². The molecule has 1 aliphatic heterocycles. The first-order chi connectivity index (χ1) is 13.5. The minimum Gasteiger partial charge on any atom is -0.482 e. The number of benzene rings is 1. The molecule has 1 fully saturated rings. The van der Waals surface area contributed by atoms with Crippen molar-refractivity contribution in [3.8, 4) is 5.75 Å². The fourth-order valence-electron chi connectivity index (χ4n) is 2.87. The zero-order chi connectivity index (χ0) is 20.1. The first kappa shape index (κ1) is 19.6. The minimum absolute atomic E-state index is 0.0310. The van der Waals surface area contributed by atoms with Crippen LogP contribution in [0, 0.1) is 5.82 Å². The van der Waals surface area contributed by atoms with Crippen molar-refractivity contribution in [2.45, 2.75) is 19.1 Å². The van der Waals surface area contributed by atoms with Gasteiger partial charge in [0.1, 0.15) is 24.7 Å². The molecule has 3 rings (SSSR count). The van der Waals surface area contributed by atoms with Gasteiger partial charge in [-0.3, -0.25) is 14.4 Å². The molecule has 148 valence electrons. The molecular weight excluding hydrogens is 371 g/mol. The van der Waals surface area contributed by atoms with Crippen molar-refractivity contribution in [1.82, 2.24) is 10.2 Å². The first-order valence-corrected chi connectivity index (χ1v) is 8.69. The van der Waals surface area contributed by atoms with Crippen molar-refractivity contribution in [3.05, 3.63) is 64.0 Å². The van der Waals surface area contributed by atoms with E-state index in [4.69, 9.17) is 14.3 Å². The summed E-state index contributed by atoms with van der Waals surface area (Å²) >= 11 is 0. The molecule has 1 aromatic heterocycles. The highest BCUT2D eigenvalue weighted by molar-refractivity contribution is 5.96. The van der Waals surface area contributed by atoms with Gasteiger partial charge in [-0.1, -0.05) is 12.1 Å². The van der Waals surface area contributed by atoms with Crippen molar-refractivity contribution in [2.75, 3.05) is 19.7 Å². The summed E-state index contributed by atoms with van der Waals surface area (Å²) in [5.41, 5.74) is 0.101. The maximum atomic E-state index is 12.9. The van der Waals surface area contributed by atoms with Crippen molar-refractivity contribution in [1.29, 1.82) is 0 Å². The average Bonchev–Trinajstić information content (AvgIpc) is 2.69. The third-order valence-corrected chi connectivity index (χ3v) is 4.31. The van der Waals surface area contributed by atoms with Gasteiger partial charge in [0.05, 0.1) is 0 Å². The molecule has 0 radical (unpaired) electrons. The Bertz CT molecular complexity index is 911. The van der Waals surface area contributed by atoms with Crippen LogP contribution in [0.15, 0.2) is 45.8 Å². The molecule has 8 nitrogen and oxygen atoms in total. The van der Waals surface area contributed by atoms with E-state index in [1.54, 1.807) is 0 Å². The van der Waals surface area contributed by atoms with Gasteiger partial charge in [-0.2, -0.15) is 0 Å². The Hall–Kier alpha value is -3.20. The quantitative estimate of drug-likeness (QED) is 0.751. The van der Waals surface area contributed by atoms with E-state index in [1.807, 2.05) is 0 Å². The molecule has 1 aromatic carbocycles. The zero-order valence-electron chi connectivity index (χ0n) is 14.9. The summed E-state index contributed by atoms with van der Waals surface area (Å²) in [5, 5.41) is 11.8. The van der Waals surface area contributed by atoms with E-state index in [-0.39, 0.29) is 56.0 Å². The third kappa shape index (κ3) is 4.37. The number of nitrogens with zero attached hydrogens (tertiary/aromatic N) is 1. The average molecular weight is 390 g/mol. The van der Waals surface area contributed by atoms with Crippen LogP contribution >= 0.6 is 0 Å². The number of nitrogens with one attached hydrogen (secondary N) is 1. The number of amides is 2. The molecule has 9 heteroatoms. The number of ether oxygens (including phenoxy) is 1. The number of rotatable bonds is 6. The van der Waals surface area contributed by atoms with Crippen LogP contribution in [0.5, 0.6) is 5.75 Å². The maximum absolute atomic E-state index is 12.9. The molecule has 1 aliphatic rings. The number of carbonyl (C=O) groups is 2. The number of carbonyl (C=O) groups excluding carboxylic acids is 2. The number of hydrogen-bond donors (Lipinski definition) is 2. The Balaban J connectivity index is 1.72. The molecule has 0 aliphatic carbocycles. The van der Waals surface area contributed by atoms with Crippen LogP contribution in [-0.4, -0.2) is 47.6 Å². The molecule has 0 bridgehead atoms. The molecule has 28 heavy (non-hydrogen) atoms. The molecule has 1 atom stereocenters. The fourth-order valence-corrected chi connectivity index (χ4v) is 2.87. The Morgan fingerprint density at radius 1 is 1.32 bits per heavy atom. The smallest absolute Gasteiger partial charge is 0.290 e. The monoisotopic (exact) mass is 390 g/mol. The molecular formula is C19H19FN2O6. The maximum Gasteiger partial charge on any atom is 0.290 e. The minimum atomic E-state index is -0.828. The van der Waals surface area contributed by atoms with E-state index in [0.29, 0.717) is 5.56 Å². The Labute approximate surface area is 159 Å². The van der Waals surface area contributed by atoms with Gasteiger partial charge in [0, 0.05) is 25.8 Å². The van der Waals surface area contributed by atoms with Gasteiger partial charge in [0.2, 0.25) is 17.1 Å². The van der Waals surface area contributed by atoms with E-state index in [9.17, 15) is 18.8 Å². The van der Waals surface area contributed by atoms with Crippen LogP contribution < -0.4 is 15.5 Å². The molecule has 0 spiro atoms. The molecule has 2 N–H and O–H groups in total. The number of piperazine rings is 1. The highest BCUT2D eigenvalue weighted by Gasteiger charge is 2.34. The van der Waals surface area contributed by atoms with Crippen molar-refractivity contribution in [2.24, 2.45) is 0 Å². The second-order valence-electron chi connectivity index (χ2n) is 6.21. The van der Waals surface area contributed by atoms with Gasteiger partial charge in [-0.15, -0.1) is 0 Å². The highest BCUT2D eigenvalue weighted by Crippen LogP contribution is 2.15. The predicted octanol–water partition coefficient (Wildman–Crippen LogP) is 0.681. The van der Waals surface area contributed by atoms with Gasteiger partial charge < -0.3 is 24.5 Å². The summed E-state index contributed by atoms with van der Waals surface area (Å²) in [5.74, 6) is -1.68. The SMILES string of the molecule is O=C1NCCN(C(=O)c2cc(=O)c(OCc3ccc(F)cc3)co2)C1CCO. The topological polar surface area (TPSA) is 109 Å². The highest BCUT2D eigenvalue weighted by atomic mass is 19.1. The van der Waals surface area contributed by atoms with E-state index in [1.165, 1.54) is 29.2 Å². The molecule has 1 unspecified atom stereocenters. The predicted molar refractivity (Wildman–Crippen MR) is 95.2 cm³/mol. The Morgan fingerprint density at radius 3 is 2.75 bits per heavy atom. The second-order valence-corrected chi connectivity index (χ2v) is 6.21. The lowest BCUT2D eigenvalue weighted by atomic mass is 10.1. The van der Waals surface area contributed by atoms with Gasteiger partial charge in [0.15, 0.2) is 5.76 Å². The summed E-state index contributed by atoms with van der Waals surface area (Å²) in [7, 11) is 0. The van der Waals surface area contributed by atoms with E-state index in [0.717, 1.165) is 12.3 Å². The summed E-state index contributed by atoms with van der Waals surface area (Å²) in [4.78, 5) is 38.1. The lowest BCUT2D eigenvalue weighted by Crippen LogP contribution is -2.57. The van der Waals surface area contributed by atoms with Crippen LogP contribution in [0.2, 0.25) is 0 Å². The molecule has 2 heterocycles. The van der Waals surface area contributed by atoms with E-state index in [2.05, 4.69) is 5.32 Å². The van der Waals surface area contributed by atoms with Crippen LogP contribution in [0.3, 0.4) is 0 Å². The van der Waals surface area contributed by atoms with Gasteiger partial charge >= 0.3 is 0 Å². The van der Waals surface area contributed by atoms with Crippen LogP contribution in [0.4, 0.5) is 4.39 Å². The molecule has 0 saturated carbocycles. The third-order valence-electron chi connectivity index (χ3n) is 4.31. The van der Waals surface area contributed by atoms with E-state index < -0.39 is 17.4 Å². The molecule has 1 saturated heterocycles. The van der Waals surface area contributed by atoms with E-state index >= 15 is 0 Å². The largest absolute Gasteiger partial charge is 0.482 e. The number of aliphatic hydroxyl groups is 1. The number of halogens is 1. The summed E-state index contributed by atoms with van der Waals surface area (Å²) < 4.78 is 23.5. The second kappa shape index (κ2) is 8.66. The Morgan fingerprint density at radius 2 is 2.07 bits per heavy atom. The fraction of sp³-hybridized carbons (Fsp3) is 0.316. The lowest BCUT2D eigenvalue weighted by Gasteiger charge is -2.34. The van der Waals surface area contributed by atoms with Crippen LogP contribution in [-0.2, 0) is 11.4 Å². The lowest BCUT2D eigenvalue weighted by molar-refractivity contribution is -0.128. The standard InChI is InChI=1S/C19H19FN2O6/c20-13-3-1-12(2-4-13)10-27-17-11-28-16(9-15(17)24)19(26)22-7-6-21-18(25)14(22)5-8-23/h1-4,9,11,14,23H,5-8,10H2,(H,21,25). The van der Waals surface area contributed by atoms with Gasteiger partial charge in [-0.25, -0.2) is 4.39 Å². The first-order valence-electron chi connectivity index (χ1n) is 8.69. The van der Waals surface area contributed by atoms with Crippen molar-refractivity contribution in [3.63, 3.8) is 0 Å². The van der Waals surface area contributed by atoms with Gasteiger partial charge in [-0.05, 0) is 24.1 Å². The van der Waals surface area contributed by atoms with Gasteiger partial charge in [0.25, 0.3) is 5.91 Å². The normalized spacial score (nSPS) is 16.6. The molecule has 2 amide bonds. The van der Waals surface area contributed by atoms with Crippen LogP contribution in [0.25, 0.3) is 0 Å². The zero-order valence-corrected chi connectivity index (χ0v) is 14.9. The summed E-state index contributed by atoms with van der Waals surface area (Å²) in [6.07, 6.45) is 1.12. The van der Waals surface area contributed by atoms with Crippen molar-refractivity contribution < 1.29 is 28.2 Å². The number of aliphatic hydroxyl groups excluding tert-OH is 1. The Kier molecular flexibility index (Phi) is 6.05. The summed E-state index contributed by atoms with van der Waals surface area (Å²) in [6.45, 7) is 0.280. The number of hydrogen-bond acceptors (Lipinski definition) is 6. The summed E-state index contributed by atoms with van der Waals surface area (Å²) in [6, 6.07) is 5.78. The molecule has 2 aromatic rings.